The molecule has 28 heavy (non-hydrogen) atoms. The second kappa shape index (κ2) is 7.55. The van der Waals surface area contributed by atoms with Gasteiger partial charge in [-0.3, -0.25) is 19.6 Å². The summed E-state index contributed by atoms with van der Waals surface area (Å²) in [5.41, 5.74) is 2.21. The van der Waals surface area contributed by atoms with Crippen LogP contribution >= 0.6 is 11.8 Å². The Kier molecular flexibility index (Phi) is 4.95. The quantitative estimate of drug-likeness (QED) is 0.543. The number of benzene rings is 1. The van der Waals surface area contributed by atoms with Crippen LogP contribution in [0, 0.1) is 0 Å². The molecular formula is C20H20N5O2S+. The number of aromatic amines is 1. The SMILES string of the molecule is CCCC(=O)N1c2ccccc2-c2c(=O)[nH]c(SC)n[n+]2[C@@H]1c1ccccn1. The van der Waals surface area contributed by atoms with E-state index in [1.165, 1.54) is 11.8 Å². The van der Waals surface area contributed by atoms with E-state index >= 15 is 0 Å². The minimum atomic E-state index is -0.627. The molecule has 4 rings (SSSR count). The molecule has 142 valence electrons. The van der Waals surface area contributed by atoms with Crippen LogP contribution in [0.25, 0.3) is 11.3 Å². The fourth-order valence-corrected chi connectivity index (χ4v) is 3.83. The Morgan fingerprint density at radius 2 is 2.04 bits per heavy atom. The van der Waals surface area contributed by atoms with E-state index in [1.807, 2.05) is 55.6 Å². The number of para-hydroxylation sites is 1. The van der Waals surface area contributed by atoms with E-state index in [9.17, 15) is 9.59 Å². The second-order valence-corrected chi connectivity index (χ2v) is 7.21. The van der Waals surface area contributed by atoms with Crippen LogP contribution < -0.4 is 15.1 Å². The zero-order chi connectivity index (χ0) is 19.7. The van der Waals surface area contributed by atoms with Crippen molar-refractivity contribution in [3.63, 3.8) is 0 Å². The third kappa shape index (κ3) is 2.99. The number of carbonyl (C=O) groups excluding carboxylic acids is 1. The first-order valence-corrected chi connectivity index (χ1v) is 10.3. The fraction of sp³-hybridized carbons (Fsp3) is 0.250. The number of hydrogen-bond donors (Lipinski definition) is 1. The Bertz CT molecular complexity index is 1080. The van der Waals surface area contributed by atoms with Gasteiger partial charge in [0.15, 0.2) is 0 Å². The van der Waals surface area contributed by atoms with Crippen LogP contribution in [-0.4, -0.2) is 27.2 Å². The van der Waals surface area contributed by atoms with Gasteiger partial charge in [0.1, 0.15) is 5.69 Å². The summed E-state index contributed by atoms with van der Waals surface area (Å²) in [7, 11) is 0. The van der Waals surface area contributed by atoms with E-state index in [2.05, 4.69) is 15.1 Å². The van der Waals surface area contributed by atoms with E-state index in [0.29, 0.717) is 34.2 Å². The van der Waals surface area contributed by atoms with Gasteiger partial charge in [-0.05, 0) is 41.6 Å². The number of amides is 1. The summed E-state index contributed by atoms with van der Waals surface area (Å²) in [5, 5.41) is 5.12. The molecule has 8 heteroatoms. The number of hydrogen-bond acceptors (Lipinski definition) is 5. The lowest BCUT2D eigenvalue weighted by Gasteiger charge is -2.31. The molecule has 0 spiro atoms. The molecule has 0 aliphatic carbocycles. The number of pyridine rings is 1. The van der Waals surface area contributed by atoms with E-state index in [1.54, 1.807) is 15.8 Å². The van der Waals surface area contributed by atoms with Gasteiger partial charge in [-0.25, -0.2) is 4.90 Å². The van der Waals surface area contributed by atoms with Gasteiger partial charge < -0.3 is 0 Å². The summed E-state index contributed by atoms with van der Waals surface area (Å²) in [6, 6.07) is 13.0. The molecule has 0 saturated heterocycles. The summed E-state index contributed by atoms with van der Waals surface area (Å²) >= 11 is 1.34. The van der Waals surface area contributed by atoms with Crippen LogP contribution in [0.3, 0.4) is 0 Å². The van der Waals surface area contributed by atoms with Crippen molar-refractivity contribution in [1.82, 2.24) is 15.1 Å². The Morgan fingerprint density at radius 3 is 2.75 bits per heavy atom. The Morgan fingerprint density at radius 1 is 1.25 bits per heavy atom. The predicted molar refractivity (Wildman–Crippen MR) is 107 cm³/mol. The maximum atomic E-state index is 13.2. The van der Waals surface area contributed by atoms with Gasteiger partial charge in [-0.2, -0.15) is 0 Å². The van der Waals surface area contributed by atoms with Crippen molar-refractivity contribution in [3.8, 4) is 11.3 Å². The van der Waals surface area contributed by atoms with Crippen molar-refractivity contribution in [3.05, 3.63) is 64.7 Å². The van der Waals surface area contributed by atoms with E-state index < -0.39 is 6.17 Å². The molecule has 0 saturated carbocycles. The highest BCUT2D eigenvalue weighted by Gasteiger charge is 2.46. The summed E-state index contributed by atoms with van der Waals surface area (Å²) in [4.78, 5) is 35.1. The van der Waals surface area contributed by atoms with Gasteiger partial charge in [0.05, 0.1) is 11.3 Å². The van der Waals surface area contributed by atoms with Crippen molar-refractivity contribution in [2.24, 2.45) is 0 Å². The Labute approximate surface area is 166 Å². The highest BCUT2D eigenvalue weighted by Crippen LogP contribution is 2.37. The molecule has 1 aromatic carbocycles. The molecule has 1 N–H and O–H groups in total. The number of anilines is 1. The number of carbonyl (C=O) groups is 1. The Balaban J connectivity index is 2.06. The lowest BCUT2D eigenvalue weighted by atomic mass is 10.0. The van der Waals surface area contributed by atoms with Gasteiger partial charge in [0, 0.05) is 17.7 Å². The molecule has 1 amide bonds. The first-order valence-electron chi connectivity index (χ1n) is 9.08. The standard InChI is InChI=1S/C20H19N5O2S/c1-3-8-16(26)24-15-11-5-4-9-13(15)17-18(27)22-20(28-2)23-25(17)19(24)14-10-6-7-12-21-14/h4-7,9-12,19H,3,8H2,1-2H3/p+1/t19-/m1/s1. The zero-order valence-corrected chi connectivity index (χ0v) is 16.4. The molecule has 0 fully saturated rings. The van der Waals surface area contributed by atoms with Gasteiger partial charge in [0.25, 0.3) is 0 Å². The molecular weight excluding hydrogens is 374 g/mol. The lowest BCUT2D eigenvalue weighted by Crippen LogP contribution is -2.61. The number of thioether (sulfide) groups is 1. The highest BCUT2D eigenvalue weighted by molar-refractivity contribution is 7.98. The maximum Gasteiger partial charge on any atom is 0.325 e. The summed E-state index contributed by atoms with van der Waals surface area (Å²) < 4.78 is 1.63. The van der Waals surface area contributed by atoms with E-state index in [-0.39, 0.29) is 11.5 Å². The van der Waals surface area contributed by atoms with Crippen molar-refractivity contribution in [2.45, 2.75) is 31.1 Å². The molecule has 3 heterocycles. The first-order chi connectivity index (χ1) is 13.7. The van der Waals surface area contributed by atoms with Crippen LogP contribution in [0.15, 0.2) is 58.6 Å². The summed E-state index contributed by atoms with van der Waals surface area (Å²) in [6.07, 6.45) is 4.02. The molecule has 1 aliphatic heterocycles. The second-order valence-electron chi connectivity index (χ2n) is 6.42. The first kappa shape index (κ1) is 18.4. The van der Waals surface area contributed by atoms with Crippen molar-refractivity contribution in [2.75, 3.05) is 11.2 Å². The minimum absolute atomic E-state index is 0.0310. The average Bonchev–Trinajstić information content (AvgIpc) is 2.73. The number of nitrogens with one attached hydrogen (secondary N) is 1. The number of H-pyrrole nitrogens is 1. The van der Waals surface area contributed by atoms with Crippen molar-refractivity contribution < 1.29 is 9.48 Å². The number of fused-ring (bicyclic) bond motifs is 3. The molecule has 1 aliphatic rings. The van der Waals surface area contributed by atoms with Crippen LogP contribution in [0.1, 0.15) is 31.6 Å². The smallest absolute Gasteiger partial charge is 0.291 e. The molecule has 0 unspecified atom stereocenters. The molecule has 3 aromatic rings. The lowest BCUT2D eigenvalue weighted by molar-refractivity contribution is -0.763. The van der Waals surface area contributed by atoms with Crippen LogP contribution in [0.5, 0.6) is 0 Å². The normalized spacial score (nSPS) is 15.1. The Hall–Kier alpha value is -3.00. The number of rotatable bonds is 4. The minimum Gasteiger partial charge on any atom is -0.291 e. The molecule has 7 nitrogen and oxygen atoms in total. The topological polar surface area (TPSA) is 82.8 Å². The monoisotopic (exact) mass is 394 g/mol. The predicted octanol–water partition coefficient (Wildman–Crippen LogP) is 2.53. The van der Waals surface area contributed by atoms with Crippen LogP contribution in [0.4, 0.5) is 5.69 Å². The highest BCUT2D eigenvalue weighted by atomic mass is 32.2. The van der Waals surface area contributed by atoms with Gasteiger partial charge in [-0.1, -0.05) is 36.9 Å². The maximum absolute atomic E-state index is 13.2. The summed E-state index contributed by atoms with van der Waals surface area (Å²) in [6.45, 7) is 1.97. The van der Waals surface area contributed by atoms with Crippen molar-refractivity contribution >= 4 is 23.4 Å². The van der Waals surface area contributed by atoms with Gasteiger partial charge >= 0.3 is 17.4 Å². The van der Waals surface area contributed by atoms with Crippen LogP contribution in [-0.2, 0) is 4.79 Å². The third-order valence-electron chi connectivity index (χ3n) is 4.64. The van der Waals surface area contributed by atoms with Gasteiger partial charge in [-0.15, -0.1) is 0 Å². The molecule has 0 bridgehead atoms. The molecule has 2 aromatic heterocycles. The van der Waals surface area contributed by atoms with Crippen molar-refractivity contribution in [1.29, 1.82) is 0 Å². The van der Waals surface area contributed by atoms with Crippen LogP contribution in [0.2, 0.25) is 0 Å². The zero-order valence-electron chi connectivity index (χ0n) is 15.6. The largest absolute Gasteiger partial charge is 0.325 e. The average molecular weight is 394 g/mol. The summed E-state index contributed by atoms with van der Waals surface area (Å²) in [5.74, 6) is -0.0310. The molecule has 1 atom stereocenters. The molecule has 0 radical (unpaired) electrons. The van der Waals surface area contributed by atoms with E-state index in [0.717, 1.165) is 6.42 Å². The fourth-order valence-electron chi connectivity index (χ4n) is 3.46. The number of nitrogens with zero attached hydrogens (tertiary/aromatic N) is 4. The number of aromatic nitrogens is 4. The third-order valence-corrected chi connectivity index (χ3v) is 5.21. The van der Waals surface area contributed by atoms with E-state index in [4.69, 9.17) is 0 Å². The van der Waals surface area contributed by atoms with Gasteiger partial charge in [0.2, 0.25) is 11.1 Å².